The molecular formula is C12H13ClN4O3. The number of nitrogens with one attached hydrogen (secondary N) is 3. The molecule has 2 rings (SSSR count). The van der Waals surface area contributed by atoms with Crippen molar-refractivity contribution in [2.75, 3.05) is 13.7 Å². The summed E-state index contributed by atoms with van der Waals surface area (Å²) in [6.45, 7) is 0.242. The van der Waals surface area contributed by atoms with Crippen LogP contribution in [0.3, 0.4) is 0 Å². The van der Waals surface area contributed by atoms with Gasteiger partial charge in [-0.25, -0.2) is 9.89 Å². The summed E-state index contributed by atoms with van der Waals surface area (Å²) < 4.78 is 5.31. The van der Waals surface area contributed by atoms with Gasteiger partial charge in [0.15, 0.2) is 0 Å². The lowest BCUT2D eigenvalue weighted by atomic mass is 10.1. The topological polar surface area (TPSA) is 99.9 Å². The van der Waals surface area contributed by atoms with E-state index in [4.69, 9.17) is 16.3 Å². The second-order valence-corrected chi connectivity index (χ2v) is 4.45. The summed E-state index contributed by atoms with van der Waals surface area (Å²) >= 11 is 5.81. The predicted molar refractivity (Wildman–Crippen MR) is 72.7 cm³/mol. The number of H-pyrrole nitrogens is 2. The molecule has 0 saturated carbocycles. The standard InChI is InChI=1S/C12H13ClN4O3/c1-20-9(7-2-4-8(13)5-3-7)6-14-11(18)10-15-12(19)17-16-10/h2-5,9H,6H2,1H3,(H,14,18)(H2,15,16,17,19)/t9-/m0/s1. The first-order valence-electron chi connectivity index (χ1n) is 5.81. The van der Waals surface area contributed by atoms with Crippen molar-refractivity contribution in [2.45, 2.75) is 6.10 Å². The molecule has 20 heavy (non-hydrogen) atoms. The first-order chi connectivity index (χ1) is 9.60. The van der Waals surface area contributed by atoms with E-state index in [1.807, 2.05) is 12.1 Å². The molecule has 106 valence electrons. The van der Waals surface area contributed by atoms with E-state index in [0.717, 1.165) is 5.56 Å². The highest BCUT2D eigenvalue weighted by Gasteiger charge is 2.14. The van der Waals surface area contributed by atoms with Crippen molar-refractivity contribution < 1.29 is 9.53 Å². The van der Waals surface area contributed by atoms with E-state index in [0.29, 0.717) is 5.02 Å². The van der Waals surface area contributed by atoms with Gasteiger partial charge in [0.25, 0.3) is 5.91 Å². The normalized spacial score (nSPS) is 12.1. The Balaban J connectivity index is 1.99. The lowest BCUT2D eigenvalue weighted by Gasteiger charge is -2.16. The summed E-state index contributed by atoms with van der Waals surface area (Å²) in [5, 5.41) is 8.92. The smallest absolute Gasteiger partial charge is 0.341 e. The SMILES string of the molecule is CO[C@@H](CNC(=O)c1n[nH]c(=O)[nH]1)c1ccc(Cl)cc1. The monoisotopic (exact) mass is 296 g/mol. The van der Waals surface area contributed by atoms with Gasteiger partial charge in [-0.2, -0.15) is 0 Å². The average Bonchev–Trinajstić information content (AvgIpc) is 2.88. The number of carbonyl (C=O) groups excluding carboxylic acids is 1. The molecule has 0 aliphatic carbocycles. The molecular weight excluding hydrogens is 284 g/mol. The Kier molecular flexibility index (Phi) is 4.54. The van der Waals surface area contributed by atoms with Crippen molar-refractivity contribution in [3.63, 3.8) is 0 Å². The van der Waals surface area contributed by atoms with Gasteiger partial charge in [0.2, 0.25) is 5.82 Å². The van der Waals surface area contributed by atoms with Crippen LogP contribution in [0.1, 0.15) is 22.3 Å². The third-order valence-corrected chi connectivity index (χ3v) is 2.94. The van der Waals surface area contributed by atoms with Crippen molar-refractivity contribution in [3.8, 4) is 0 Å². The van der Waals surface area contributed by atoms with Crippen LogP contribution in [0.15, 0.2) is 29.1 Å². The van der Waals surface area contributed by atoms with E-state index in [-0.39, 0.29) is 18.5 Å². The second kappa shape index (κ2) is 6.36. The quantitative estimate of drug-likeness (QED) is 0.762. The maximum atomic E-state index is 11.7. The Morgan fingerprint density at radius 3 is 2.70 bits per heavy atom. The number of halogens is 1. The summed E-state index contributed by atoms with van der Waals surface area (Å²) in [4.78, 5) is 24.8. The Labute approximate surface area is 119 Å². The van der Waals surface area contributed by atoms with Crippen molar-refractivity contribution in [2.24, 2.45) is 0 Å². The fourth-order valence-electron chi connectivity index (χ4n) is 1.66. The molecule has 1 atom stereocenters. The summed E-state index contributed by atoms with van der Waals surface area (Å²) in [6, 6.07) is 7.13. The molecule has 0 aliphatic heterocycles. The zero-order valence-electron chi connectivity index (χ0n) is 10.6. The van der Waals surface area contributed by atoms with E-state index in [2.05, 4.69) is 20.5 Å². The molecule has 0 bridgehead atoms. The highest BCUT2D eigenvalue weighted by atomic mass is 35.5. The fourth-order valence-corrected chi connectivity index (χ4v) is 1.79. The van der Waals surface area contributed by atoms with Crippen LogP contribution in [0.4, 0.5) is 0 Å². The third-order valence-electron chi connectivity index (χ3n) is 2.69. The molecule has 0 unspecified atom stereocenters. The van der Waals surface area contributed by atoms with E-state index in [1.54, 1.807) is 19.2 Å². The van der Waals surface area contributed by atoms with Gasteiger partial charge in [0.1, 0.15) is 0 Å². The maximum Gasteiger partial charge on any atom is 0.341 e. The maximum absolute atomic E-state index is 11.7. The lowest BCUT2D eigenvalue weighted by Crippen LogP contribution is -2.30. The Bertz CT molecular complexity index is 635. The van der Waals surface area contributed by atoms with Gasteiger partial charge in [-0.3, -0.25) is 9.78 Å². The number of ether oxygens (including phenoxy) is 1. The van der Waals surface area contributed by atoms with Crippen LogP contribution in [0.2, 0.25) is 5.02 Å². The molecule has 1 amide bonds. The number of benzene rings is 1. The van der Waals surface area contributed by atoms with Gasteiger partial charge in [-0.1, -0.05) is 23.7 Å². The number of hydrogen-bond acceptors (Lipinski definition) is 4. The number of nitrogens with zero attached hydrogens (tertiary/aromatic N) is 1. The Hall–Kier alpha value is -2.12. The number of rotatable bonds is 5. The van der Waals surface area contributed by atoms with Gasteiger partial charge in [-0.15, -0.1) is 5.10 Å². The molecule has 0 fully saturated rings. The number of amides is 1. The van der Waals surface area contributed by atoms with E-state index >= 15 is 0 Å². The van der Waals surface area contributed by atoms with Crippen LogP contribution < -0.4 is 11.0 Å². The van der Waals surface area contributed by atoms with E-state index in [1.165, 1.54) is 0 Å². The zero-order valence-corrected chi connectivity index (χ0v) is 11.4. The summed E-state index contributed by atoms with van der Waals surface area (Å²) in [6.07, 6.45) is -0.318. The van der Waals surface area contributed by atoms with Crippen LogP contribution in [-0.4, -0.2) is 34.7 Å². The molecule has 0 saturated heterocycles. The first-order valence-corrected chi connectivity index (χ1v) is 6.19. The number of hydrogen-bond donors (Lipinski definition) is 3. The third kappa shape index (κ3) is 3.46. The van der Waals surface area contributed by atoms with Gasteiger partial charge in [0, 0.05) is 18.7 Å². The minimum atomic E-state index is -0.531. The molecule has 0 aliphatic rings. The molecule has 1 aromatic carbocycles. The summed E-state index contributed by atoms with van der Waals surface area (Å²) in [5.41, 5.74) is 0.351. The van der Waals surface area contributed by atoms with Crippen molar-refractivity contribution in [1.29, 1.82) is 0 Å². The van der Waals surface area contributed by atoms with Crippen LogP contribution in [0.25, 0.3) is 0 Å². The highest BCUT2D eigenvalue weighted by Crippen LogP contribution is 2.18. The zero-order chi connectivity index (χ0) is 14.5. The number of methoxy groups -OCH3 is 1. The molecule has 7 nitrogen and oxygen atoms in total. The van der Waals surface area contributed by atoms with Crippen molar-refractivity contribution >= 4 is 17.5 Å². The number of aromatic nitrogens is 3. The fraction of sp³-hybridized carbons (Fsp3) is 0.250. The van der Waals surface area contributed by atoms with Crippen LogP contribution in [-0.2, 0) is 4.74 Å². The molecule has 8 heteroatoms. The summed E-state index contributed by atoms with van der Waals surface area (Å²) in [5.74, 6) is -0.555. The number of carbonyl (C=O) groups is 1. The second-order valence-electron chi connectivity index (χ2n) is 4.01. The minimum absolute atomic E-state index is 0.0686. The van der Waals surface area contributed by atoms with Crippen molar-refractivity contribution in [1.82, 2.24) is 20.5 Å². The minimum Gasteiger partial charge on any atom is -0.375 e. The molecule has 0 spiro atoms. The average molecular weight is 297 g/mol. The van der Waals surface area contributed by atoms with Crippen LogP contribution in [0.5, 0.6) is 0 Å². The lowest BCUT2D eigenvalue weighted by molar-refractivity contribution is 0.0820. The van der Waals surface area contributed by atoms with E-state index < -0.39 is 11.6 Å². The number of aromatic amines is 2. The first kappa shape index (κ1) is 14.3. The van der Waals surface area contributed by atoms with Gasteiger partial charge in [0.05, 0.1) is 6.10 Å². The molecule has 0 radical (unpaired) electrons. The predicted octanol–water partition coefficient (Wildman–Crippen LogP) is 0.869. The summed E-state index contributed by atoms with van der Waals surface area (Å²) in [7, 11) is 1.54. The molecule has 1 heterocycles. The van der Waals surface area contributed by atoms with Crippen LogP contribution in [0, 0.1) is 0 Å². The van der Waals surface area contributed by atoms with Gasteiger partial charge in [-0.05, 0) is 17.7 Å². The van der Waals surface area contributed by atoms with E-state index in [9.17, 15) is 9.59 Å². The molecule has 3 N–H and O–H groups in total. The Morgan fingerprint density at radius 1 is 1.45 bits per heavy atom. The molecule has 2 aromatic rings. The van der Waals surface area contributed by atoms with Gasteiger partial charge < -0.3 is 10.1 Å². The molecule has 1 aromatic heterocycles. The Morgan fingerprint density at radius 2 is 2.15 bits per heavy atom. The van der Waals surface area contributed by atoms with Crippen LogP contribution >= 0.6 is 11.6 Å². The highest BCUT2D eigenvalue weighted by molar-refractivity contribution is 6.30. The van der Waals surface area contributed by atoms with Crippen molar-refractivity contribution in [3.05, 3.63) is 51.2 Å². The van der Waals surface area contributed by atoms with Gasteiger partial charge >= 0.3 is 5.69 Å². The largest absolute Gasteiger partial charge is 0.375 e.